The maximum absolute atomic E-state index is 14.4. The molecule has 176 valence electrons. The number of hydrogen-bond donors (Lipinski definition) is 4. The van der Waals surface area contributed by atoms with Gasteiger partial charge in [-0.05, 0) is 49.4 Å². The van der Waals surface area contributed by atoms with Crippen molar-refractivity contribution in [3.8, 4) is 0 Å². The zero-order valence-electron chi connectivity index (χ0n) is 17.6. The van der Waals surface area contributed by atoms with Crippen molar-refractivity contribution < 1.29 is 22.3 Å². The lowest BCUT2D eigenvalue weighted by atomic mass is 10.1. The van der Waals surface area contributed by atoms with Gasteiger partial charge in [-0.25, -0.2) is 28.6 Å². The third-order valence-corrected chi connectivity index (χ3v) is 7.24. The summed E-state index contributed by atoms with van der Waals surface area (Å²) in [6.45, 7) is 0.0563. The van der Waals surface area contributed by atoms with Gasteiger partial charge in [0.1, 0.15) is 29.4 Å². The molecule has 4 atom stereocenters. The number of anilines is 1. The van der Waals surface area contributed by atoms with Crippen LogP contribution in [0, 0.1) is 17.6 Å². The topological polar surface area (TPSA) is 135 Å². The smallest absolute Gasteiger partial charge is 0.274 e. The van der Waals surface area contributed by atoms with Crippen molar-refractivity contribution in [1.82, 2.24) is 19.3 Å². The summed E-state index contributed by atoms with van der Waals surface area (Å²) in [7, 11) is -3.83. The largest absolute Gasteiger partial charge is 0.393 e. The van der Waals surface area contributed by atoms with Crippen LogP contribution in [0.25, 0.3) is 11.0 Å². The third-order valence-electron chi connectivity index (χ3n) is 6.67. The Morgan fingerprint density at radius 1 is 1.18 bits per heavy atom. The molecule has 33 heavy (non-hydrogen) atoms. The van der Waals surface area contributed by atoms with Gasteiger partial charge in [0, 0.05) is 30.3 Å². The van der Waals surface area contributed by atoms with Crippen LogP contribution in [0.4, 0.5) is 14.6 Å². The SMILES string of the molecule is NS(=O)(=O)NC[C@H]1C[C@H](n2ccc3c(N[C@H]4CCc5c(F)ccc(F)c54)ncnc32)C[C@H]1O. The second-order valence-corrected chi connectivity index (χ2v) is 10.1. The quantitative estimate of drug-likeness (QED) is 0.428. The van der Waals surface area contributed by atoms with E-state index in [0.29, 0.717) is 48.3 Å². The average molecular weight is 479 g/mol. The molecule has 9 nitrogen and oxygen atoms in total. The normalized spacial score (nSPS) is 25.0. The van der Waals surface area contributed by atoms with Crippen molar-refractivity contribution in [2.75, 3.05) is 11.9 Å². The summed E-state index contributed by atoms with van der Waals surface area (Å²) >= 11 is 0. The summed E-state index contributed by atoms with van der Waals surface area (Å²) in [4.78, 5) is 8.73. The second-order valence-electron chi connectivity index (χ2n) is 8.69. The molecule has 2 heterocycles. The molecule has 0 amide bonds. The molecule has 2 aromatic heterocycles. The Morgan fingerprint density at radius 2 is 1.97 bits per heavy atom. The summed E-state index contributed by atoms with van der Waals surface area (Å²) in [6.07, 6.45) is 4.54. The molecule has 3 aromatic rings. The summed E-state index contributed by atoms with van der Waals surface area (Å²) in [5.74, 6) is -0.603. The molecule has 1 fully saturated rings. The Kier molecular flexibility index (Phi) is 5.55. The Labute approximate surface area is 189 Å². The van der Waals surface area contributed by atoms with Crippen LogP contribution in [0.15, 0.2) is 30.7 Å². The minimum Gasteiger partial charge on any atom is -0.393 e. The third kappa shape index (κ3) is 4.19. The number of nitrogens with two attached hydrogens (primary N) is 1. The van der Waals surface area contributed by atoms with Gasteiger partial charge in [-0.3, -0.25) is 0 Å². The summed E-state index contributed by atoms with van der Waals surface area (Å²) < 4.78 is 55.1. The maximum atomic E-state index is 14.4. The molecule has 0 radical (unpaired) electrons. The van der Waals surface area contributed by atoms with Crippen LogP contribution in [-0.2, 0) is 16.6 Å². The van der Waals surface area contributed by atoms with Gasteiger partial charge in [0.2, 0.25) is 0 Å². The fourth-order valence-electron chi connectivity index (χ4n) is 5.11. The van der Waals surface area contributed by atoms with Gasteiger partial charge in [0.15, 0.2) is 0 Å². The first-order chi connectivity index (χ1) is 15.7. The Bertz CT molecular complexity index is 1310. The Morgan fingerprint density at radius 3 is 2.76 bits per heavy atom. The first kappa shape index (κ1) is 22.1. The van der Waals surface area contributed by atoms with E-state index in [9.17, 15) is 22.3 Å². The van der Waals surface area contributed by atoms with Crippen LogP contribution >= 0.6 is 0 Å². The van der Waals surface area contributed by atoms with E-state index in [1.165, 1.54) is 6.33 Å². The lowest BCUT2D eigenvalue weighted by molar-refractivity contribution is 0.133. The van der Waals surface area contributed by atoms with Gasteiger partial charge >= 0.3 is 0 Å². The first-order valence-corrected chi connectivity index (χ1v) is 12.3. The lowest BCUT2D eigenvalue weighted by Gasteiger charge is -2.17. The van der Waals surface area contributed by atoms with E-state index < -0.39 is 34.0 Å². The highest BCUT2D eigenvalue weighted by molar-refractivity contribution is 7.87. The van der Waals surface area contributed by atoms with Gasteiger partial charge in [-0.1, -0.05) is 0 Å². The van der Waals surface area contributed by atoms with Crippen molar-refractivity contribution in [3.63, 3.8) is 0 Å². The zero-order valence-corrected chi connectivity index (χ0v) is 18.4. The fraction of sp³-hybridized carbons (Fsp3) is 0.429. The van der Waals surface area contributed by atoms with E-state index in [1.807, 2.05) is 16.8 Å². The number of halogens is 2. The van der Waals surface area contributed by atoms with Gasteiger partial charge in [-0.2, -0.15) is 8.42 Å². The van der Waals surface area contributed by atoms with Gasteiger partial charge < -0.3 is 15.0 Å². The van der Waals surface area contributed by atoms with Crippen LogP contribution in [0.2, 0.25) is 0 Å². The zero-order chi connectivity index (χ0) is 23.3. The predicted molar refractivity (Wildman–Crippen MR) is 117 cm³/mol. The minimum absolute atomic E-state index is 0.0563. The molecule has 5 N–H and O–H groups in total. The van der Waals surface area contributed by atoms with Crippen molar-refractivity contribution in [3.05, 3.63) is 53.5 Å². The van der Waals surface area contributed by atoms with Crippen LogP contribution in [-0.4, -0.2) is 40.7 Å². The number of aliphatic hydroxyl groups is 1. The highest BCUT2D eigenvalue weighted by Gasteiger charge is 2.35. The molecular weight excluding hydrogens is 454 g/mol. The second kappa shape index (κ2) is 8.28. The predicted octanol–water partition coefficient (Wildman–Crippen LogP) is 1.91. The van der Waals surface area contributed by atoms with Gasteiger partial charge in [0.05, 0.1) is 17.5 Å². The van der Waals surface area contributed by atoms with E-state index in [4.69, 9.17) is 5.14 Å². The number of rotatable bonds is 6. The van der Waals surface area contributed by atoms with Crippen molar-refractivity contribution in [1.29, 1.82) is 0 Å². The number of benzene rings is 1. The Hall–Kier alpha value is -2.67. The van der Waals surface area contributed by atoms with Crippen LogP contribution in [0.3, 0.4) is 0 Å². The molecule has 0 unspecified atom stereocenters. The van der Waals surface area contributed by atoms with Crippen LogP contribution < -0.4 is 15.2 Å². The van der Waals surface area contributed by atoms with E-state index in [0.717, 1.165) is 17.5 Å². The monoisotopic (exact) mass is 478 g/mol. The van der Waals surface area contributed by atoms with Crippen LogP contribution in [0.5, 0.6) is 0 Å². The van der Waals surface area contributed by atoms with Crippen LogP contribution in [0.1, 0.15) is 42.5 Å². The summed E-state index contributed by atoms with van der Waals surface area (Å²) in [6, 6.07) is 3.65. The lowest BCUT2D eigenvalue weighted by Crippen LogP contribution is -2.36. The molecule has 12 heteroatoms. The molecule has 2 aliphatic rings. The number of nitrogens with one attached hydrogen (secondary N) is 2. The Balaban J connectivity index is 1.39. The number of aliphatic hydroxyl groups excluding tert-OH is 1. The van der Waals surface area contributed by atoms with E-state index in [-0.39, 0.29) is 18.5 Å². The number of aromatic nitrogens is 3. The molecular formula is C21H24F2N6O3S. The van der Waals surface area contributed by atoms with E-state index in [2.05, 4.69) is 20.0 Å². The number of fused-ring (bicyclic) bond motifs is 2. The van der Waals surface area contributed by atoms with Crippen molar-refractivity contribution >= 4 is 27.1 Å². The van der Waals surface area contributed by atoms with Crippen molar-refractivity contribution in [2.24, 2.45) is 11.1 Å². The summed E-state index contributed by atoms with van der Waals surface area (Å²) in [5, 5.41) is 19.4. The highest BCUT2D eigenvalue weighted by Crippen LogP contribution is 2.40. The molecule has 5 rings (SSSR count). The van der Waals surface area contributed by atoms with Gasteiger partial charge in [-0.15, -0.1) is 0 Å². The molecule has 0 aliphatic heterocycles. The first-order valence-electron chi connectivity index (χ1n) is 10.7. The van der Waals surface area contributed by atoms with Gasteiger partial charge in [0.25, 0.3) is 10.2 Å². The maximum Gasteiger partial charge on any atom is 0.274 e. The standard InChI is InChI=1S/C21H24F2N6O3S/c22-15-2-3-16(23)19-13(15)1-4-17(19)28-20-14-5-6-29(21(14)26-10-25-20)12-7-11(18(30)8-12)9-27-33(24,31)32/h2-3,5-6,10-12,17-18,27,30H,1,4,7-9H2,(H2,24,31,32)(H,25,26,28)/t11-,12+,17+,18-/m1/s1. The molecule has 0 spiro atoms. The molecule has 1 aromatic carbocycles. The molecule has 1 saturated carbocycles. The molecule has 2 aliphatic carbocycles. The van der Waals surface area contributed by atoms with E-state index in [1.54, 1.807) is 0 Å². The molecule has 0 saturated heterocycles. The number of hydrogen-bond acceptors (Lipinski definition) is 6. The average Bonchev–Trinajstić information content (AvgIpc) is 3.46. The fourth-order valence-corrected chi connectivity index (χ4v) is 5.55. The summed E-state index contributed by atoms with van der Waals surface area (Å²) in [5.41, 5.74) is 1.38. The minimum atomic E-state index is -3.83. The molecule has 0 bridgehead atoms. The highest BCUT2D eigenvalue weighted by atomic mass is 32.2. The van der Waals surface area contributed by atoms with Crippen molar-refractivity contribution in [2.45, 2.75) is 43.9 Å². The van der Waals surface area contributed by atoms with E-state index >= 15 is 0 Å². The number of nitrogens with zero attached hydrogens (tertiary/aromatic N) is 3.